The van der Waals surface area contributed by atoms with Gasteiger partial charge in [-0.05, 0) is 47.4 Å². The van der Waals surface area contributed by atoms with Crippen LogP contribution in [0.2, 0.25) is 0 Å². The van der Waals surface area contributed by atoms with Crippen LogP contribution in [0.3, 0.4) is 0 Å². The third kappa shape index (κ3) is 4.86. The number of thiophene rings is 1. The molecule has 0 fully saturated rings. The molecular weight excluding hydrogens is 298 g/mol. The monoisotopic (exact) mass is 319 g/mol. The number of benzene rings is 1. The molecule has 1 amide bonds. The van der Waals surface area contributed by atoms with Crippen LogP contribution in [-0.2, 0) is 11.2 Å². The van der Waals surface area contributed by atoms with E-state index in [1.165, 1.54) is 11.3 Å². The second kappa shape index (κ2) is 8.56. The average Bonchev–Trinajstić information content (AvgIpc) is 3.06. The van der Waals surface area contributed by atoms with Gasteiger partial charge in [-0.2, -0.15) is 11.3 Å². The minimum Gasteiger partial charge on any atom is -0.494 e. The van der Waals surface area contributed by atoms with E-state index in [4.69, 9.17) is 4.74 Å². The van der Waals surface area contributed by atoms with Crippen molar-refractivity contribution in [3.8, 4) is 5.75 Å². The van der Waals surface area contributed by atoms with Gasteiger partial charge in [0, 0.05) is 13.0 Å². The number of aryl methyl sites for hydroxylation is 1. The lowest BCUT2D eigenvalue weighted by atomic mass is 10.1. The molecule has 0 aliphatic carbocycles. The Morgan fingerprint density at radius 3 is 2.91 bits per heavy atom. The normalized spacial score (nSPS) is 11.9. The van der Waals surface area contributed by atoms with Gasteiger partial charge in [-0.25, -0.2) is 0 Å². The largest absolute Gasteiger partial charge is 0.494 e. The molecule has 0 saturated heterocycles. The molecule has 5 heteroatoms. The van der Waals surface area contributed by atoms with Gasteiger partial charge in [0.05, 0.1) is 12.7 Å². The molecular formula is C17H21NO3S. The van der Waals surface area contributed by atoms with E-state index in [0.717, 1.165) is 16.9 Å². The van der Waals surface area contributed by atoms with Crippen molar-refractivity contribution in [1.29, 1.82) is 0 Å². The number of carbonyl (C=O) groups is 1. The van der Waals surface area contributed by atoms with E-state index >= 15 is 0 Å². The Morgan fingerprint density at radius 1 is 1.36 bits per heavy atom. The molecule has 0 aliphatic rings. The Balaban J connectivity index is 1.78. The fraction of sp³-hybridized carbons (Fsp3) is 0.353. The summed E-state index contributed by atoms with van der Waals surface area (Å²) in [5, 5.41) is 16.5. The molecule has 1 unspecified atom stereocenters. The molecule has 1 aromatic carbocycles. The maximum atomic E-state index is 11.9. The van der Waals surface area contributed by atoms with E-state index < -0.39 is 6.10 Å². The van der Waals surface area contributed by atoms with Crippen molar-refractivity contribution in [1.82, 2.24) is 5.32 Å². The Labute approximate surface area is 134 Å². The van der Waals surface area contributed by atoms with Crippen molar-refractivity contribution in [3.05, 3.63) is 52.2 Å². The van der Waals surface area contributed by atoms with Crippen LogP contribution >= 0.6 is 11.3 Å². The second-order valence-electron chi connectivity index (χ2n) is 4.92. The zero-order valence-electron chi connectivity index (χ0n) is 12.6. The highest BCUT2D eigenvalue weighted by Gasteiger charge is 2.11. The molecule has 118 valence electrons. The van der Waals surface area contributed by atoms with Crippen LogP contribution < -0.4 is 10.1 Å². The van der Waals surface area contributed by atoms with Gasteiger partial charge in [0.25, 0.3) is 0 Å². The zero-order chi connectivity index (χ0) is 15.8. The number of amides is 1. The van der Waals surface area contributed by atoms with Gasteiger partial charge < -0.3 is 15.2 Å². The van der Waals surface area contributed by atoms with E-state index in [-0.39, 0.29) is 12.5 Å². The van der Waals surface area contributed by atoms with E-state index in [2.05, 4.69) is 5.32 Å². The van der Waals surface area contributed by atoms with Crippen LogP contribution in [-0.4, -0.2) is 24.2 Å². The number of hydrogen-bond acceptors (Lipinski definition) is 4. The van der Waals surface area contributed by atoms with Crippen molar-refractivity contribution in [2.24, 2.45) is 0 Å². The van der Waals surface area contributed by atoms with Gasteiger partial charge in [0.1, 0.15) is 5.75 Å². The predicted molar refractivity (Wildman–Crippen MR) is 88.2 cm³/mol. The Hall–Kier alpha value is -1.85. The predicted octanol–water partition coefficient (Wildman–Crippen LogP) is 2.93. The number of carbonyl (C=O) groups excluding carboxylic acids is 1. The van der Waals surface area contributed by atoms with Gasteiger partial charge in [0.15, 0.2) is 0 Å². The van der Waals surface area contributed by atoms with E-state index in [1.807, 2.05) is 48.0 Å². The Kier molecular flexibility index (Phi) is 6.43. The van der Waals surface area contributed by atoms with Crippen molar-refractivity contribution >= 4 is 17.2 Å². The van der Waals surface area contributed by atoms with Crippen molar-refractivity contribution in [2.45, 2.75) is 25.9 Å². The summed E-state index contributed by atoms with van der Waals surface area (Å²) in [5.74, 6) is 0.761. The van der Waals surface area contributed by atoms with Crippen LogP contribution in [0.25, 0.3) is 0 Å². The second-order valence-corrected chi connectivity index (χ2v) is 5.70. The number of nitrogens with one attached hydrogen (secondary N) is 1. The summed E-state index contributed by atoms with van der Waals surface area (Å²) in [6.45, 7) is 2.79. The summed E-state index contributed by atoms with van der Waals surface area (Å²) in [5.41, 5.74) is 1.87. The standard InChI is InChI=1S/C17H21NO3S/c1-2-21-16-6-4-3-5-13(16)7-8-17(20)18-11-15(19)14-9-10-22-12-14/h3-6,9-10,12,15,19H,2,7-8,11H2,1H3,(H,18,20). The molecule has 2 rings (SSSR count). The summed E-state index contributed by atoms with van der Waals surface area (Å²) in [4.78, 5) is 11.9. The highest BCUT2D eigenvalue weighted by molar-refractivity contribution is 7.07. The molecule has 1 atom stereocenters. The SMILES string of the molecule is CCOc1ccccc1CCC(=O)NCC(O)c1ccsc1. The molecule has 22 heavy (non-hydrogen) atoms. The first kappa shape index (κ1) is 16.5. The maximum absolute atomic E-state index is 11.9. The number of rotatable bonds is 8. The van der Waals surface area contributed by atoms with Crippen molar-refractivity contribution in [2.75, 3.05) is 13.2 Å². The summed E-state index contributed by atoms with van der Waals surface area (Å²) in [6, 6.07) is 9.61. The fourth-order valence-electron chi connectivity index (χ4n) is 2.14. The van der Waals surface area contributed by atoms with Crippen LogP contribution in [0.4, 0.5) is 0 Å². The molecule has 0 spiro atoms. The summed E-state index contributed by atoms with van der Waals surface area (Å²) in [7, 11) is 0. The third-order valence-electron chi connectivity index (χ3n) is 3.31. The van der Waals surface area contributed by atoms with Gasteiger partial charge in [-0.1, -0.05) is 18.2 Å². The van der Waals surface area contributed by atoms with Crippen LogP contribution in [0.15, 0.2) is 41.1 Å². The summed E-state index contributed by atoms with van der Waals surface area (Å²) in [6.07, 6.45) is 0.350. The van der Waals surface area contributed by atoms with Crippen LogP contribution in [0, 0.1) is 0 Å². The van der Waals surface area contributed by atoms with E-state index in [9.17, 15) is 9.90 Å². The van der Waals surface area contributed by atoms with Crippen molar-refractivity contribution < 1.29 is 14.6 Å². The molecule has 0 aliphatic heterocycles. The molecule has 1 aromatic heterocycles. The number of aliphatic hydroxyl groups excluding tert-OH is 1. The minimum absolute atomic E-state index is 0.0689. The van der Waals surface area contributed by atoms with Gasteiger partial charge in [0.2, 0.25) is 5.91 Å². The highest BCUT2D eigenvalue weighted by Crippen LogP contribution is 2.19. The molecule has 4 nitrogen and oxygen atoms in total. The molecule has 1 heterocycles. The Bertz CT molecular complexity index is 583. The van der Waals surface area contributed by atoms with Crippen LogP contribution in [0.1, 0.15) is 30.6 Å². The zero-order valence-corrected chi connectivity index (χ0v) is 13.4. The number of hydrogen-bond donors (Lipinski definition) is 2. The number of ether oxygens (including phenoxy) is 1. The van der Waals surface area contributed by atoms with Crippen LogP contribution in [0.5, 0.6) is 5.75 Å². The van der Waals surface area contributed by atoms with Gasteiger partial charge >= 0.3 is 0 Å². The smallest absolute Gasteiger partial charge is 0.220 e. The first-order valence-electron chi connectivity index (χ1n) is 7.38. The highest BCUT2D eigenvalue weighted by atomic mass is 32.1. The average molecular weight is 319 g/mol. The molecule has 0 saturated carbocycles. The lowest BCUT2D eigenvalue weighted by Crippen LogP contribution is -2.28. The van der Waals surface area contributed by atoms with Gasteiger partial charge in [-0.15, -0.1) is 0 Å². The molecule has 2 N–H and O–H groups in total. The number of aliphatic hydroxyl groups is 1. The lowest BCUT2D eigenvalue weighted by Gasteiger charge is -2.12. The number of para-hydroxylation sites is 1. The van der Waals surface area contributed by atoms with Crippen molar-refractivity contribution in [3.63, 3.8) is 0 Å². The Morgan fingerprint density at radius 2 is 2.18 bits per heavy atom. The molecule has 0 radical (unpaired) electrons. The fourth-order valence-corrected chi connectivity index (χ4v) is 2.84. The third-order valence-corrected chi connectivity index (χ3v) is 4.02. The first-order valence-corrected chi connectivity index (χ1v) is 8.32. The molecule has 2 aromatic rings. The first-order chi connectivity index (χ1) is 10.7. The van der Waals surface area contributed by atoms with Gasteiger partial charge in [-0.3, -0.25) is 4.79 Å². The minimum atomic E-state index is -0.647. The molecule has 0 bridgehead atoms. The summed E-state index contributed by atoms with van der Waals surface area (Å²) >= 11 is 1.53. The van der Waals surface area contributed by atoms with E-state index in [1.54, 1.807) is 0 Å². The van der Waals surface area contributed by atoms with E-state index in [0.29, 0.717) is 19.4 Å². The quantitative estimate of drug-likeness (QED) is 0.786. The summed E-state index contributed by atoms with van der Waals surface area (Å²) < 4.78 is 5.55. The lowest BCUT2D eigenvalue weighted by molar-refractivity contribution is -0.121. The topological polar surface area (TPSA) is 58.6 Å². The maximum Gasteiger partial charge on any atom is 0.220 e.